The van der Waals surface area contributed by atoms with Gasteiger partial charge in [-0.1, -0.05) is 37.3 Å². The zero-order chi connectivity index (χ0) is 18.6. The van der Waals surface area contributed by atoms with Crippen molar-refractivity contribution in [2.24, 2.45) is 5.92 Å². The molecule has 1 aliphatic heterocycles. The number of benzene rings is 2. The SMILES string of the molecule is C[C@H]1C[C@@H](NCc2ccccc2)CN(c2ccc(C#N)c3ncccc23)C1. The average Bonchev–Trinajstić information content (AvgIpc) is 2.72. The summed E-state index contributed by atoms with van der Waals surface area (Å²) >= 11 is 0. The largest absolute Gasteiger partial charge is 0.369 e. The minimum Gasteiger partial charge on any atom is -0.369 e. The van der Waals surface area contributed by atoms with Gasteiger partial charge >= 0.3 is 0 Å². The van der Waals surface area contributed by atoms with Gasteiger partial charge in [0, 0.05) is 42.9 Å². The molecule has 4 rings (SSSR count). The fourth-order valence-corrected chi connectivity index (χ4v) is 4.08. The monoisotopic (exact) mass is 356 g/mol. The number of nitrogens with zero attached hydrogens (tertiary/aromatic N) is 3. The zero-order valence-corrected chi connectivity index (χ0v) is 15.6. The Morgan fingerprint density at radius 3 is 2.78 bits per heavy atom. The topological polar surface area (TPSA) is 52.0 Å². The summed E-state index contributed by atoms with van der Waals surface area (Å²) in [6.45, 7) is 5.20. The summed E-state index contributed by atoms with van der Waals surface area (Å²) in [5.41, 5.74) is 3.92. The molecule has 0 radical (unpaired) electrons. The van der Waals surface area contributed by atoms with Crippen molar-refractivity contribution in [2.75, 3.05) is 18.0 Å². The van der Waals surface area contributed by atoms with E-state index in [1.165, 1.54) is 17.7 Å². The standard InChI is InChI=1S/C23H24N4/c1-17-12-20(26-14-18-6-3-2-4-7-18)16-27(15-17)22-10-9-19(13-24)23-21(22)8-5-11-25-23/h2-11,17,20,26H,12,14-16H2,1H3/t17-,20+/m0/s1. The first-order valence-corrected chi connectivity index (χ1v) is 9.54. The lowest BCUT2D eigenvalue weighted by atomic mass is 9.94. The molecule has 0 unspecified atom stereocenters. The van der Waals surface area contributed by atoms with Crippen molar-refractivity contribution in [3.8, 4) is 6.07 Å². The smallest absolute Gasteiger partial charge is 0.101 e. The van der Waals surface area contributed by atoms with Gasteiger partial charge in [-0.3, -0.25) is 4.98 Å². The Bertz CT molecular complexity index is 961. The Labute approximate surface area is 160 Å². The van der Waals surface area contributed by atoms with Gasteiger partial charge in [-0.15, -0.1) is 0 Å². The van der Waals surface area contributed by atoms with Crippen LogP contribution in [0.2, 0.25) is 0 Å². The maximum absolute atomic E-state index is 9.39. The number of piperidine rings is 1. The fourth-order valence-electron chi connectivity index (χ4n) is 4.08. The number of aromatic nitrogens is 1. The average molecular weight is 356 g/mol. The molecule has 2 atom stereocenters. The van der Waals surface area contributed by atoms with Crippen molar-refractivity contribution in [2.45, 2.75) is 25.9 Å². The Balaban J connectivity index is 1.57. The van der Waals surface area contributed by atoms with Crippen LogP contribution in [0.1, 0.15) is 24.5 Å². The van der Waals surface area contributed by atoms with Gasteiger partial charge in [0.1, 0.15) is 6.07 Å². The van der Waals surface area contributed by atoms with Crippen LogP contribution in [0.5, 0.6) is 0 Å². The van der Waals surface area contributed by atoms with E-state index in [1.807, 2.05) is 12.1 Å². The third kappa shape index (κ3) is 3.79. The first kappa shape index (κ1) is 17.5. The van der Waals surface area contributed by atoms with E-state index in [9.17, 15) is 5.26 Å². The predicted octanol–water partition coefficient (Wildman–Crippen LogP) is 4.11. The molecular formula is C23H24N4. The van der Waals surface area contributed by atoms with Crippen LogP contribution in [0.4, 0.5) is 5.69 Å². The van der Waals surface area contributed by atoms with Gasteiger partial charge in [-0.05, 0) is 42.2 Å². The highest BCUT2D eigenvalue weighted by Crippen LogP contribution is 2.31. The molecule has 3 aromatic rings. The molecule has 0 saturated carbocycles. The Hall–Kier alpha value is -2.90. The number of anilines is 1. The third-order valence-electron chi connectivity index (χ3n) is 5.31. The van der Waals surface area contributed by atoms with E-state index in [4.69, 9.17) is 0 Å². The van der Waals surface area contributed by atoms with Crippen LogP contribution < -0.4 is 10.2 Å². The predicted molar refractivity (Wildman–Crippen MR) is 110 cm³/mol. The lowest BCUT2D eigenvalue weighted by molar-refractivity contribution is 0.350. The third-order valence-corrected chi connectivity index (χ3v) is 5.31. The number of hydrogen-bond donors (Lipinski definition) is 1. The van der Waals surface area contributed by atoms with E-state index >= 15 is 0 Å². The second-order valence-electron chi connectivity index (χ2n) is 7.45. The molecule has 136 valence electrons. The Kier molecular flexibility index (Phi) is 5.04. The van der Waals surface area contributed by atoms with Gasteiger partial charge in [-0.2, -0.15) is 5.26 Å². The van der Waals surface area contributed by atoms with Gasteiger partial charge in [0.15, 0.2) is 0 Å². The quantitative estimate of drug-likeness (QED) is 0.764. The van der Waals surface area contributed by atoms with E-state index in [0.717, 1.165) is 30.5 Å². The summed E-state index contributed by atoms with van der Waals surface area (Å²) in [5.74, 6) is 0.606. The van der Waals surface area contributed by atoms with Gasteiger partial charge in [0.05, 0.1) is 11.1 Å². The summed E-state index contributed by atoms with van der Waals surface area (Å²) in [6.07, 6.45) is 2.94. The van der Waals surface area contributed by atoms with Gasteiger partial charge < -0.3 is 10.2 Å². The highest BCUT2D eigenvalue weighted by atomic mass is 15.2. The van der Waals surface area contributed by atoms with Crippen molar-refractivity contribution in [3.05, 3.63) is 71.9 Å². The van der Waals surface area contributed by atoms with Gasteiger partial charge in [0.25, 0.3) is 0 Å². The lowest BCUT2D eigenvalue weighted by Gasteiger charge is -2.39. The van der Waals surface area contributed by atoms with E-state index in [1.54, 1.807) is 6.20 Å². The van der Waals surface area contributed by atoms with E-state index < -0.39 is 0 Å². The van der Waals surface area contributed by atoms with Gasteiger partial charge in [-0.25, -0.2) is 0 Å². The van der Waals surface area contributed by atoms with Crippen LogP contribution in [0.3, 0.4) is 0 Å². The lowest BCUT2D eigenvalue weighted by Crippen LogP contribution is -2.48. The minimum atomic E-state index is 0.441. The number of nitriles is 1. The Morgan fingerprint density at radius 2 is 1.96 bits per heavy atom. The minimum absolute atomic E-state index is 0.441. The molecule has 1 N–H and O–H groups in total. The highest BCUT2D eigenvalue weighted by Gasteiger charge is 2.26. The van der Waals surface area contributed by atoms with Crippen molar-refractivity contribution >= 4 is 16.6 Å². The molecule has 0 amide bonds. The van der Waals surface area contributed by atoms with Crippen LogP contribution in [-0.2, 0) is 6.54 Å². The van der Waals surface area contributed by atoms with Crippen molar-refractivity contribution in [3.63, 3.8) is 0 Å². The molecule has 27 heavy (non-hydrogen) atoms. The van der Waals surface area contributed by atoms with Crippen LogP contribution >= 0.6 is 0 Å². The fraction of sp³-hybridized carbons (Fsp3) is 0.304. The first-order chi connectivity index (χ1) is 13.2. The van der Waals surface area contributed by atoms with Crippen LogP contribution in [0.25, 0.3) is 10.9 Å². The summed E-state index contributed by atoms with van der Waals surface area (Å²) in [5, 5.41) is 14.2. The van der Waals surface area contributed by atoms with Crippen molar-refractivity contribution in [1.82, 2.24) is 10.3 Å². The highest BCUT2D eigenvalue weighted by molar-refractivity contribution is 5.95. The molecule has 0 bridgehead atoms. The Morgan fingerprint density at radius 1 is 1.11 bits per heavy atom. The summed E-state index contributed by atoms with van der Waals surface area (Å²) in [6, 6.07) is 21.3. The molecule has 1 aromatic heterocycles. The normalized spacial score (nSPS) is 19.8. The summed E-state index contributed by atoms with van der Waals surface area (Å²) in [7, 11) is 0. The number of fused-ring (bicyclic) bond motifs is 1. The maximum Gasteiger partial charge on any atom is 0.101 e. The summed E-state index contributed by atoms with van der Waals surface area (Å²) < 4.78 is 0. The maximum atomic E-state index is 9.39. The molecule has 4 heteroatoms. The second kappa shape index (κ2) is 7.77. The number of rotatable bonds is 4. The molecule has 1 fully saturated rings. The zero-order valence-electron chi connectivity index (χ0n) is 15.6. The molecule has 0 aliphatic carbocycles. The number of nitrogens with one attached hydrogen (secondary N) is 1. The van der Waals surface area contributed by atoms with E-state index in [-0.39, 0.29) is 0 Å². The molecule has 0 spiro atoms. The summed E-state index contributed by atoms with van der Waals surface area (Å²) in [4.78, 5) is 6.90. The van der Waals surface area contributed by atoms with Crippen LogP contribution in [0, 0.1) is 17.2 Å². The van der Waals surface area contributed by atoms with E-state index in [0.29, 0.717) is 17.5 Å². The van der Waals surface area contributed by atoms with Gasteiger partial charge in [0.2, 0.25) is 0 Å². The molecular weight excluding hydrogens is 332 g/mol. The molecule has 2 aromatic carbocycles. The second-order valence-corrected chi connectivity index (χ2v) is 7.45. The molecule has 4 nitrogen and oxygen atoms in total. The first-order valence-electron chi connectivity index (χ1n) is 9.54. The van der Waals surface area contributed by atoms with Crippen LogP contribution in [-0.4, -0.2) is 24.1 Å². The number of hydrogen-bond acceptors (Lipinski definition) is 4. The molecule has 1 saturated heterocycles. The van der Waals surface area contributed by atoms with Crippen LogP contribution in [0.15, 0.2) is 60.8 Å². The molecule has 2 heterocycles. The molecule has 1 aliphatic rings. The van der Waals surface area contributed by atoms with Crippen molar-refractivity contribution in [1.29, 1.82) is 5.26 Å². The van der Waals surface area contributed by atoms with Crippen molar-refractivity contribution < 1.29 is 0 Å². The number of pyridine rings is 1. The van der Waals surface area contributed by atoms with E-state index in [2.05, 4.69) is 70.7 Å².